The molecule has 1 unspecified atom stereocenters. The molecule has 5 nitrogen and oxygen atoms in total. The molecule has 0 aliphatic carbocycles. The lowest BCUT2D eigenvalue weighted by atomic mass is 10.2. The molecule has 1 rings (SSSR count). The Morgan fingerprint density at radius 3 is 2.73 bits per heavy atom. The standard InChI is InChI=1S/C10H21N5/c1-4-5-6-7-15(3)10-13-8(2)12-9(11)14-10/h8H,4-7H2,1-3H3,(H3,11,12,13,14). The number of nitrogens with zero attached hydrogens (tertiary/aromatic N) is 3. The van der Waals surface area contributed by atoms with Crippen molar-refractivity contribution in [3.05, 3.63) is 0 Å². The molecule has 1 heterocycles. The Morgan fingerprint density at radius 2 is 2.13 bits per heavy atom. The van der Waals surface area contributed by atoms with Gasteiger partial charge in [0, 0.05) is 13.6 Å². The zero-order valence-corrected chi connectivity index (χ0v) is 9.82. The molecule has 0 aromatic rings. The van der Waals surface area contributed by atoms with Gasteiger partial charge in [-0.15, -0.1) is 0 Å². The molecule has 0 fully saturated rings. The number of hydrogen-bond acceptors (Lipinski definition) is 5. The maximum atomic E-state index is 5.64. The Balaban J connectivity index is 2.42. The zero-order valence-electron chi connectivity index (χ0n) is 9.82. The highest BCUT2D eigenvalue weighted by Crippen LogP contribution is 2.01. The fourth-order valence-electron chi connectivity index (χ4n) is 1.49. The van der Waals surface area contributed by atoms with Gasteiger partial charge in [-0.25, -0.2) is 9.98 Å². The van der Waals surface area contributed by atoms with Gasteiger partial charge >= 0.3 is 0 Å². The van der Waals surface area contributed by atoms with Crippen LogP contribution in [-0.4, -0.2) is 36.6 Å². The lowest BCUT2D eigenvalue weighted by Gasteiger charge is -2.25. The molecule has 0 saturated carbocycles. The van der Waals surface area contributed by atoms with Crippen molar-refractivity contribution in [2.24, 2.45) is 15.7 Å². The smallest absolute Gasteiger partial charge is 0.202 e. The predicted octanol–water partition coefficient (Wildman–Crippen LogP) is 0.728. The summed E-state index contributed by atoms with van der Waals surface area (Å²) in [7, 11) is 2.02. The molecular formula is C10H21N5. The van der Waals surface area contributed by atoms with E-state index in [1.165, 1.54) is 19.3 Å². The summed E-state index contributed by atoms with van der Waals surface area (Å²) in [5.41, 5.74) is 5.64. The predicted molar refractivity (Wildman–Crippen MR) is 63.8 cm³/mol. The van der Waals surface area contributed by atoms with Gasteiger partial charge in [0.15, 0.2) is 5.96 Å². The van der Waals surface area contributed by atoms with Gasteiger partial charge in [0.05, 0.1) is 0 Å². The molecule has 3 N–H and O–H groups in total. The third-order valence-corrected chi connectivity index (χ3v) is 2.33. The first-order valence-electron chi connectivity index (χ1n) is 5.52. The Hall–Kier alpha value is -1.26. The second-order valence-corrected chi connectivity index (χ2v) is 3.85. The fraction of sp³-hybridized carbons (Fsp3) is 0.800. The molecule has 15 heavy (non-hydrogen) atoms. The Labute approximate surface area is 91.5 Å². The highest BCUT2D eigenvalue weighted by molar-refractivity contribution is 5.99. The maximum absolute atomic E-state index is 5.64. The molecule has 0 bridgehead atoms. The average Bonchev–Trinajstić information content (AvgIpc) is 2.16. The SMILES string of the molecule is CCCCCN(C)C1=NC(C)N=C(N)N1. The summed E-state index contributed by atoms with van der Waals surface area (Å²) in [4.78, 5) is 10.5. The first-order valence-corrected chi connectivity index (χ1v) is 5.52. The van der Waals surface area contributed by atoms with Crippen LogP contribution in [-0.2, 0) is 0 Å². The van der Waals surface area contributed by atoms with Crippen molar-refractivity contribution >= 4 is 11.9 Å². The van der Waals surface area contributed by atoms with Gasteiger partial charge in [-0.05, 0) is 13.3 Å². The third kappa shape index (κ3) is 3.77. The van der Waals surface area contributed by atoms with Crippen LogP contribution < -0.4 is 11.1 Å². The van der Waals surface area contributed by atoms with E-state index in [0.29, 0.717) is 5.96 Å². The number of hydrogen-bond donors (Lipinski definition) is 2. The maximum Gasteiger partial charge on any atom is 0.202 e. The molecule has 0 saturated heterocycles. The second-order valence-electron chi connectivity index (χ2n) is 3.85. The molecule has 5 heteroatoms. The Morgan fingerprint density at radius 1 is 1.40 bits per heavy atom. The van der Waals surface area contributed by atoms with Gasteiger partial charge in [0.1, 0.15) is 6.17 Å². The van der Waals surface area contributed by atoms with Crippen molar-refractivity contribution in [1.29, 1.82) is 0 Å². The van der Waals surface area contributed by atoms with Crippen molar-refractivity contribution < 1.29 is 0 Å². The molecule has 0 amide bonds. The normalized spacial score (nSPS) is 20.3. The van der Waals surface area contributed by atoms with Crippen molar-refractivity contribution in [3.63, 3.8) is 0 Å². The molecule has 1 aliphatic heterocycles. The first-order chi connectivity index (χ1) is 7.13. The van der Waals surface area contributed by atoms with Crippen LogP contribution in [0.15, 0.2) is 9.98 Å². The van der Waals surface area contributed by atoms with E-state index < -0.39 is 0 Å². The molecule has 0 aromatic heterocycles. The van der Waals surface area contributed by atoms with Crippen LogP contribution >= 0.6 is 0 Å². The summed E-state index contributed by atoms with van der Waals surface area (Å²) < 4.78 is 0. The van der Waals surface area contributed by atoms with Gasteiger partial charge in [-0.1, -0.05) is 19.8 Å². The van der Waals surface area contributed by atoms with Crippen molar-refractivity contribution in [2.45, 2.75) is 39.3 Å². The minimum Gasteiger partial charge on any atom is -0.370 e. The van der Waals surface area contributed by atoms with Crippen LogP contribution in [0.2, 0.25) is 0 Å². The second kappa shape index (κ2) is 5.58. The van der Waals surface area contributed by atoms with E-state index in [1.54, 1.807) is 0 Å². The Kier molecular flexibility index (Phi) is 4.39. The van der Waals surface area contributed by atoms with Crippen LogP contribution in [0.4, 0.5) is 0 Å². The largest absolute Gasteiger partial charge is 0.370 e. The summed E-state index contributed by atoms with van der Waals surface area (Å²) in [5.74, 6) is 1.28. The molecule has 1 aliphatic rings. The average molecular weight is 211 g/mol. The monoisotopic (exact) mass is 211 g/mol. The topological polar surface area (TPSA) is 66.0 Å². The summed E-state index contributed by atoms with van der Waals surface area (Å²) in [6.07, 6.45) is 3.58. The van der Waals surface area contributed by atoms with Gasteiger partial charge in [0.2, 0.25) is 5.96 Å². The quantitative estimate of drug-likeness (QED) is 0.674. The molecule has 0 radical (unpaired) electrons. The number of nitrogens with two attached hydrogens (primary N) is 1. The fourth-order valence-corrected chi connectivity index (χ4v) is 1.49. The van der Waals surface area contributed by atoms with Crippen molar-refractivity contribution in [2.75, 3.05) is 13.6 Å². The van der Waals surface area contributed by atoms with Crippen LogP contribution in [0, 0.1) is 0 Å². The van der Waals surface area contributed by atoms with E-state index in [-0.39, 0.29) is 6.17 Å². The minimum absolute atomic E-state index is 0.0742. The number of guanidine groups is 2. The summed E-state index contributed by atoms with van der Waals surface area (Å²) >= 11 is 0. The molecule has 86 valence electrons. The van der Waals surface area contributed by atoms with Gasteiger partial charge in [0.25, 0.3) is 0 Å². The summed E-state index contributed by atoms with van der Waals surface area (Å²) in [5, 5.41) is 2.98. The Bertz CT molecular complexity index is 259. The van der Waals surface area contributed by atoms with Crippen LogP contribution in [0.1, 0.15) is 33.1 Å². The lowest BCUT2D eigenvalue weighted by molar-refractivity contribution is 0.459. The van der Waals surface area contributed by atoms with Gasteiger partial charge < -0.3 is 10.6 Å². The van der Waals surface area contributed by atoms with Crippen LogP contribution in [0.3, 0.4) is 0 Å². The van der Waals surface area contributed by atoms with E-state index in [4.69, 9.17) is 5.73 Å². The highest BCUT2D eigenvalue weighted by atomic mass is 15.4. The summed E-state index contributed by atoms with van der Waals surface area (Å²) in [6.45, 7) is 5.12. The van der Waals surface area contributed by atoms with Crippen molar-refractivity contribution in [1.82, 2.24) is 10.2 Å². The van der Waals surface area contributed by atoms with E-state index >= 15 is 0 Å². The number of nitrogens with one attached hydrogen (secondary N) is 1. The van der Waals surface area contributed by atoms with E-state index in [9.17, 15) is 0 Å². The van der Waals surface area contributed by atoms with Gasteiger partial charge in [-0.3, -0.25) is 5.32 Å². The highest BCUT2D eigenvalue weighted by Gasteiger charge is 2.13. The number of aliphatic imine (C=N–C) groups is 2. The van der Waals surface area contributed by atoms with Crippen LogP contribution in [0.25, 0.3) is 0 Å². The van der Waals surface area contributed by atoms with E-state index in [2.05, 4.69) is 27.1 Å². The molecule has 0 spiro atoms. The molecular weight excluding hydrogens is 190 g/mol. The van der Waals surface area contributed by atoms with Crippen LogP contribution in [0.5, 0.6) is 0 Å². The number of unbranched alkanes of at least 4 members (excludes halogenated alkanes) is 2. The molecule has 0 aromatic carbocycles. The summed E-state index contributed by atoms with van der Waals surface area (Å²) in [6, 6.07) is 0. The number of rotatable bonds is 4. The van der Waals surface area contributed by atoms with Crippen molar-refractivity contribution in [3.8, 4) is 0 Å². The third-order valence-electron chi connectivity index (χ3n) is 2.33. The zero-order chi connectivity index (χ0) is 11.3. The minimum atomic E-state index is -0.0742. The van der Waals surface area contributed by atoms with Gasteiger partial charge in [-0.2, -0.15) is 0 Å². The van der Waals surface area contributed by atoms with E-state index in [0.717, 1.165) is 12.5 Å². The van der Waals surface area contributed by atoms with E-state index in [1.807, 2.05) is 14.0 Å². The first kappa shape index (κ1) is 11.8. The lowest BCUT2D eigenvalue weighted by Crippen LogP contribution is -2.48. The molecule has 1 atom stereocenters.